The van der Waals surface area contributed by atoms with Gasteiger partial charge >= 0.3 is 0 Å². The molecule has 0 radical (unpaired) electrons. The number of thiocarbonyl (C=S) groups is 1. The van der Waals surface area contributed by atoms with Crippen LogP contribution >= 0.6 is 23.8 Å². The van der Waals surface area contributed by atoms with Gasteiger partial charge in [-0.05, 0) is 36.3 Å². The van der Waals surface area contributed by atoms with E-state index in [1.807, 2.05) is 24.3 Å². The molecule has 0 unspecified atom stereocenters. The molecule has 3 nitrogen and oxygen atoms in total. The lowest BCUT2D eigenvalue weighted by Gasteiger charge is -2.07. The maximum Gasteiger partial charge on any atom is 0.186 e. The van der Waals surface area contributed by atoms with Crippen molar-refractivity contribution in [3.8, 4) is 0 Å². The van der Waals surface area contributed by atoms with Crippen molar-refractivity contribution in [2.75, 3.05) is 6.54 Å². The Balaban J connectivity index is 1.92. The smallest absolute Gasteiger partial charge is 0.186 e. The predicted octanol–water partition coefficient (Wildman–Crippen LogP) is 6.06. The van der Waals surface area contributed by atoms with E-state index < -0.39 is 0 Å². The number of nitrogens with one attached hydrogen (secondary N) is 2. The molecule has 0 heterocycles. The van der Waals surface area contributed by atoms with Crippen LogP contribution < -0.4 is 10.7 Å². The first kappa shape index (κ1) is 21.9. The molecule has 0 saturated heterocycles. The van der Waals surface area contributed by atoms with E-state index in [0.717, 1.165) is 23.6 Å². The largest absolute Gasteiger partial charge is 0.361 e. The number of hydrogen-bond acceptors (Lipinski definition) is 2. The fourth-order valence-electron chi connectivity index (χ4n) is 2.57. The first-order chi connectivity index (χ1) is 12.2. The van der Waals surface area contributed by atoms with Crippen LogP contribution in [0.4, 0.5) is 0 Å². The third kappa shape index (κ3) is 12.8. The van der Waals surface area contributed by atoms with Gasteiger partial charge in [-0.15, -0.1) is 0 Å². The molecular formula is C20H32ClN3S. The van der Waals surface area contributed by atoms with Crippen molar-refractivity contribution in [3.05, 3.63) is 34.9 Å². The summed E-state index contributed by atoms with van der Waals surface area (Å²) in [4.78, 5) is 0. The molecule has 0 aliphatic rings. The Morgan fingerprint density at radius 3 is 2.12 bits per heavy atom. The zero-order valence-electron chi connectivity index (χ0n) is 15.4. The topological polar surface area (TPSA) is 36.4 Å². The van der Waals surface area contributed by atoms with Crippen LogP contribution in [0.15, 0.2) is 29.4 Å². The predicted molar refractivity (Wildman–Crippen MR) is 115 cm³/mol. The van der Waals surface area contributed by atoms with Gasteiger partial charge in [0.1, 0.15) is 0 Å². The van der Waals surface area contributed by atoms with E-state index in [0.29, 0.717) is 5.11 Å². The minimum Gasteiger partial charge on any atom is -0.361 e. The highest BCUT2D eigenvalue weighted by molar-refractivity contribution is 7.80. The monoisotopic (exact) mass is 381 g/mol. The van der Waals surface area contributed by atoms with Gasteiger partial charge in [0.2, 0.25) is 0 Å². The summed E-state index contributed by atoms with van der Waals surface area (Å²) in [5, 5.41) is 8.60. The Bertz CT molecular complexity index is 488. The number of benzene rings is 1. The van der Waals surface area contributed by atoms with E-state index in [1.54, 1.807) is 6.21 Å². The lowest BCUT2D eigenvalue weighted by atomic mass is 10.1. The number of unbranched alkanes of at least 4 members (excludes halogenated alkanes) is 9. The summed E-state index contributed by atoms with van der Waals surface area (Å²) in [5.74, 6) is 0. The number of halogens is 1. The maximum atomic E-state index is 5.84. The average Bonchev–Trinajstić information content (AvgIpc) is 2.61. The van der Waals surface area contributed by atoms with Gasteiger partial charge in [0.15, 0.2) is 5.11 Å². The van der Waals surface area contributed by atoms with E-state index >= 15 is 0 Å². The van der Waals surface area contributed by atoms with Crippen LogP contribution in [0.3, 0.4) is 0 Å². The number of nitrogens with zero attached hydrogens (tertiary/aromatic N) is 1. The molecule has 0 fully saturated rings. The molecule has 25 heavy (non-hydrogen) atoms. The minimum atomic E-state index is 0.570. The Morgan fingerprint density at radius 2 is 1.52 bits per heavy atom. The Labute approximate surface area is 163 Å². The molecule has 0 bridgehead atoms. The molecule has 2 N–H and O–H groups in total. The van der Waals surface area contributed by atoms with E-state index in [-0.39, 0.29) is 0 Å². The molecule has 1 aromatic rings. The van der Waals surface area contributed by atoms with Crippen molar-refractivity contribution >= 4 is 35.1 Å². The van der Waals surface area contributed by atoms with Crippen molar-refractivity contribution in [3.63, 3.8) is 0 Å². The van der Waals surface area contributed by atoms with Gasteiger partial charge in [-0.1, -0.05) is 88.4 Å². The fourth-order valence-corrected chi connectivity index (χ4v) is 2.85. The van der Waals surface area contributed by atoms with Gasteiger partial charge in [0, 0.05) is 11.6 Å². The van der Waals surface area contributed by atoms with Crippen LogP contribution in [0.2, 0.25) is 5.02 Å². The highest BCUT2D eigenvalue weighted by Crippen LogP contribution is 2.10. The first-order valence-electron chi connectivity index (χ1n) is 9.55. The molecule has 0 aliphatic carbocycles. The standard InChI is InChI=1S/C20H32ClN3S/c1-2-3-4-5-6-7-8-9-10-11-16-22-20(25)24-23-17-18-12-14-19(21)15-13-18/h12-15,17H,2-11,16H2,1H3,(H2,22,24,25). The molecule has 0 atom stereocenters. The fraction of sp³-hybridized carbons (Fsp3) is 0.600. The molecule has 0 spiro atoms. The molecular weight excluding hydrogens is 350 g/mol. The lowest BCUT2D eigenvalue weighted by Crippen LogP contribution is -2.32. The summed E-state index contributed by atoms with van der Waals surface area (Å²) in [5.41, 5.74) is 3.82. The third-order valence-corrected chi connectivity index (χ3v) is 4.55. The second kappa shape index (κ2) is 15.2. The van der Waals surface area contributed by atoms with Crippen LogP contribution in [-0.2, 0) is 0 Å². The van der Waals surface area contributed by atoms with Gasteiger partial charge in [0.05, 0.1) is 6.21 Å². The molecule has 0 aliphatic heterocycles. The zero-order chi connectivity index (χ0) is 18.2. The summed E-state index contributed by atoms with van der Waals surface area (Å²) < 4.78 is 0. The second-order valence-corrected chi connectivity index (χ2v) is 7.20. The van der Waals surface area contributed by atoms with E-state index in [4.69, 9.17) is 23.8 Å². The normalized spacial score (nSPS) is 11.0. The van der Waals surface area contributed by atoms with Crippen LogP contribution in [0.1, 0.15) is 76.7 Å². The maximum absolute atomic E-state index is 5.84. The summed E-state index contributed by atoms with van der Waals surface area (Å²) >= 11 is 11.0. The molecule has 140 valence electrons. The van der Waals surface area contributed by atoms with Crippen LogP contribution in [0.5, 0.6) is 0 Å². The zero-order valence-corrected chi connectivity index (χ0v) is 17.0. The molecule has 0 aromatic heterocycles. The van der Waals surface area contributed by atoms with Gasteiger partial charge < -0.3 is 5.32 Å². The second-order valence-electron chi connectivity index (χ2n) is 6.36. The number of hydrogen-bond donors (Lipinski definition) is 2. The third-order valence-electron chi connectivity index (χ3n) is 4.07. The van der Waals surface area contributed by atoms with Crippen molar-refractivity contribution in [1.82, 2.24) is 10.7 Å². The SMILES string of the molecule is CCCCCCCCCCCCNC(=S)NN=Cc1ccc(Cl)cc1. The minimum absolute atomic E-state index is 0.570. The molecule has 1 aromatic carbocycles. The summed E-state index contributed by atoms with van der Waals surface area (Å²) in [6.07, 6.45) is 15.2. The molecule has 5 heteroatoms. The van der Waals surface area contributed by atoms with Crippen LogP contribution in [0, 0.1) is 0 Å². The lowest BCUT2D eigenvalue weighted by molar-refractivity contribution is 0.554. The van der Waals surface area contributed by atoms with E-state index in [9.17, 15) is 0 Å². The van der Waals surface area contributed by atoms with Gasteiger partial charge in [-0.3, -0.25) is 5.43 Å². The number of rotatable bonds is 13. The summed E-state index contributed by atoms with van der Waals surface area (Å²) in [7, 11) is 0. The highest BCUT2D eigenvalue weighted by Gasteiger charge is 1.95. The molecule has 1 rings (SSSR count). The quantitative estimate of drug-likeness (QED) is 0.189. The Morgan fingerprint density at radius 1 is 0.960 bits per heavy atom. The average molecular weight is 382 g/mol. The van der Waals surface area contributed by atoms with Gasteiger partial charge in [-0.2, -0.15) is 5.10 Å². The van der Waals surface area contributed by atoms with Crippen molar-refractivity contribution < 1.29 is 0 Å². The van der Waals surface area contributed by atoms with Crippen molar-refractivity contribution in [2.45, 2.75) is 71.1 Å². The Kier molecular flexibility index (Phi) is 13.3. The summed E-state index contributed by atoms with van der Waals surface area (Å²) in [6, 6.07) is 7.50. The van der Waals surface area contributed by atoms with Crippen molar-refractivity contribution in [2.24, 2.45) is 5.10 Å². The first-order valence-corrected chi connectivity index (χ1v) is 10.3. The number of hydrazone groups is 1. The van der Waals surface area contributed by atoms with Gasteiger partial charge in [-0.25, -0.2) is 0 Å². The van der Waals surface area contributed by atoms with Crippen molar-refractivity contribution in [1.29, 1.82) is 0 Å². The van der Waals surface area contributed by atoms with E-state index in [1.165, 1.54) is 57.8 Å². The summed E-state index contributed by atoms with van der Waals surface area (Å²) in [6.45, 7) is 3.17. The van der Waals surface area contributed by atoms with E-state index in [2.05, 4.69) is 22.8 Å². The van der Waals surface area contributed by atoms with Crippen LogP contribution in [-0.4, -0.2) is 17.9 Å². The van der Waals surface area contributed by atoms with Gasteiger partial charge in [0.25, 0.3) is 0 Å². The Hall–Kier alpha value is -1.13. The highest BCUT2D eigenvalue weighted by atomic mass is 35.5. The molecule has 0 amide bonds. The molecule has 0 saturated carbocycles. The van der Waals surface area contributed by atoms with Crippen LogP contribution in [0.25, 0.3) is 0 Å².